The highest BCUT2D eigenvalue weighted by molar-refractivity contribution is 7.90. The van der Waals surface area contributed by atoms with Gasteiger partial charge in [-0.25, -0.2) is 13.2 Å². The number of halogens is 1. The average molecular weight is 562 g/mol. The zero-order valence-corrected chi connectivity index (χ0v) is 23.6. The van der Waals surface area contributed by atoms with E-state index in [1.54, 1.807) is 31.2 Å². The third-order valence-corrected chi connectivity index (χ3v) is 9.19. The summed E-state index contributed by atoms with van der Waals surface area (Å²) in [6.45, 7) is 5.68. The van der Waals surface area contributed by atoms with Crippen molar-refractivity contribution in [2.45, 2.75) is 50.1 Å². The zero-order chi connectivity index (χ0) is 27.3. The Morgan fingerprint density at radius 1 is 1.08 bits per heavy atom. The van der Waals surface area contributed by atoms with Crippen LogP contribution in [0.1, 0.15) is 49.8 Å². The molecule has 0 aliphatic carbocycles. The van der Waals surface area contributed by atoms with E-state index in [1.807, 2.05) is 29.2 Å². The van der Waals surface area contributed by atoms with Gasteiger partial charge in [-0.05, 0) is 75.0 Å². The first-order valence-corrected chi connectivity index (χ1v) is 15.4. The lowest BCUT2D eigenvalue weighted by Gasteiger charge is -2.38. The molecule has 2 aromatic rings. The highest BCUT2D eigenvalue weighted by Gasteiger charge is 2.47. The van der Waals surface area contributed by atoms with Gasteiger partial charge >= 0.3 is 6.09 Å². The molecule has 1 N–H and O–H groups in total. The number of hydrogen-bond donors (Lipinski definition) is 1. The van der Waals surface area contributed by atoms with Gasteiger partial charge in [-0.1, -0.05) is 41.9 Å². The van der Waals surface area contributed by atoms with Gasteiger partial charge < -0.3 is 19.9 Å². The van der Waals surface area contributed by atoms with Gasteiger partial charge in [0.25, 0.3) is 0 Å². The number of amides is 2. The van der Waals surface area contributed by atoms with Crippen LogP contribution >= 0.6 is 11.6 Å². The van der Waals surface area contributed by atoms with Crippen molar-refractivity contribution in [1.82, 2.24) is 15.1 Å². The second-order valence-corrected chi connectivity index (χ2v) is 12.7. The number of likely N-dealkylation sites (tertiary alicyclic amines) is 2. The average Bonchev–Trinajstić information content (AvgIpc) is 3.17. The van der Waals surface area contributed by atoms with Crippen LogP contribution in [0.3, 0.4) is 0 Å². The number of hydrogen-bond acceptors (Lipinski definition) is 6. The minimum absolute atomic E-state index is 0.197. The Labute approximate surface area is 230 Å². The van der Waals surface area contributed by atoms with Gasteiger partial charge in [-0.15, -0.1) is 0 Å². The summed E-state index contributed by atoms with van der Waals surface area (Å²) in [5.41, 5.74) is 1.47. The Morgan fingerprint density at radius 3 is 2.37 bits per heavy atom. The Balaban J connectivity index is 1.32. The van der Waals surface area contributed by atoms with Gasteiger partial charge in [-0.3, -0.25) is 4.79 Å². The van der Waals surface area contributed by atoms with Gasteiger partial charge in [0.15, 0.2) is 9.84 Å². The maximum atomic E-state index is 13.4. The van der Waals surface area contributed by atoms with E-state index in [9.17, 15) is 18.0 Å². The molecule has 38 heavy (non-hydrogen) atoms. The Bertz CT molecular complexity index is 1240. The van der Waals surface area contributed by atoms with E-state index < -0.39 is 15.9 Å². The van der Waals surface area contributed by atoms with Crippen LogP contribution < -0.4 is 5.32 Å². The lowest BCUT2D eigenvalue weighted by molar-refractivity contribution is -0.138. The lowest BCUT2D eigenvalue weighted by atomic mass is 9.77. The topological polar surface area (TPSA) is 96.0 Å². The summed E-state index contributed by atoms with van der Waals surface area (Å²) in [6, 6.07) is 14.0. The number of carbonyl (C=O) groups is 2. The van der Waals surface area contributed by atoms with Gasteiger partial charge in [0.1, 0.15) is 0 Å². The molecule has 2 aliphatic heterocycles. The maximum absolute atomic E-state index is 13.4. The number of nitrogens with one attached hydrogen (secondary N) is 1. The first kappa shape index (κ1) is 28.4. The van der Waals surface area contributed by atoms with Crippen molar-refractivity contribution in [3.05, 3.63) is 64.7 Å². The van der Waals surface area contributed by atoms with Gasteiger partial charge in [0.05, 0.1) is 23.0 Å². The molecular weight excluding hydrogens is 526 g/mol. The first-order valence-electron chi connectivity index (χ1n) is 13.1. The van der Waals surface area contributed by atoms with Crippen molar-refractivity contribution in [3.8, 4) is 0 Å². The summed E-state index contributed by atoms with van der Waals surface area (Å²) in [4.78, 5) is 30.1. The SMILES string of the molecule is CCOC(=O)NC(CCN1CCC2(CC1)CCN(Cc1ccc(S(C)(=O)=O)cc1)C2=O)c1ccccc1Cl. The largest absolute Gasteiger partial charge is 0.450 e. The molecule has 1 spiro atoms. The van der Waals surface area contributed by atoms with Crippen molar-refractivity contribution in [1.29, 1.82) is 0 Å². The molecule has 8 nitrogen and oxygen atoms in total. The second kappa shape index (κ2) is 12.1. The van der Waals surface area contributed by atoms with Crippen LogP contribution in [-0.2, 0) is 25.9 Å². The summed E-state index contributed by atoms with van der Waals surface area (Å²) in [5, 5.41) is 3.55. The summed E-state index contributed by atoms with van der Waals surface area (Å²) >= 11 is 6.42. The summed E-state index contributed by atoms with van der Waals surface area (Å²) in [6.07, 6.45) is 3.86. The molecule has 4 rings (SSSR count). The molecule has 0 radical (unpaired) electrons. The molecule has 0 saturated carbocycles. The van der Waals surface area contributed by atoms with E-state index in [0.717, 1.165) is 50.0 Å². The molecule has 2 aromatic carbocycles. The molecule has 1 unspecified atom stereocenters. The molecule has 0 aromatic heterocycles. The van der Waals surface area contributed by atoms with Crippen LogP contribution in [0.15, 0.2) is 53.4 Å². The third kappa shape index (κ3) is 6.68. The number of piperidine rings is 1. The van der Waals surface area contributed by atoms with Crippen LogP contribution in [0.2, 0.25) is 5.02 Å². The van der Waals surface area contributed by atoms with Gasteiger partial charge in [-0.2, -0.15) is 0 Å². The molecule has 1 atom stereocenters. The zero-order valence-electron chi connectivity index (χ0n) is 22.0. The van der Waals surface area contributed by atoms with Crippen molar-refractivity contribution >= 4 is 33.4 Å². The molecule has 2 heterocycles. The standard InChI is InChI=1S/C28H36ClN3O5S/c1-3-37-27(34)30-25(23-6-4-5-7-24(23)29)12-16-31-17-13-28(14-18-31)15-19-32(26(28)33)20-21-8-10-22(11-9-21)38(2,35)36/h4-11,25H,3,12-20H2,1-2H3,(H,30,34). The first-order chi connectivity index (χ1) is 18.1. The normalized spacial score (nSPS) is 18.5. The fraction of sp³-hybridized carbons (Fsp3) is 0.500. The molecule has 2 aliphatic rings. The predicted octanol–water partition coefficient (Wildman–Crippen LogP) is 4.44. The van der Waals surface area contributed by atoms with Crippen LogP contribution in [0.5, 0.6) is 0 Å². The van der Waals surface area contributed by atoms with Crippen molar-refractivity contribution < 1.29 is 22.7 Å². The van der Waals surface area contributed by atoms with Crippen LogP contribution in [0, 0.1) is 5.41 Å². The van der Waals surface area contributed by atoms with Gasteiger partial charge in [0.2, 0.25) is 5.91 Å². The van der Waals surface area contributed by atoms with Crippen LogP contribution in [-0.4, -0.2) is 69.3 Å². The Kier molecular flexibility index (Phi) is 9.00. The van der Waals surface area contributed by atoms with E-state index in [-0.39, 0.29) is 22.3 Å². The number of benzene rings is 2. The number of alkyl carbamates (subject to hydrolysis) is 1. The highest BCUT2D eigenvalue weighted by Crippen LogP contribution is 2.42. The lowest BCUT2D eigenvalue weighted by Crippen LogP contribution is -2.45. The quantitative estimate of drug-likeness (QED) is 0.486. The molecule has 10 heteroatoms. The number of ether oxygens (including phenoxy) is 1. The van der Waals surface area contributed by atoms with E-state index in [2.05, 4.69) is 10.2 Å². The minimum Gasteiger partial charge on any atom is -0.450 e. The fourth-order valence-corrected chi connectivity index (χ4v) is 6.36. The Hall–Kier alpha value is -2.62. The summed E-state index contributed by atoms with van der Waals surface area (Å²) < 4.78 is 28.5. The summed E-state index contributed by atoms with van der Waals surface area (Å²) in [5.74, 6) is 0.197. The van der Waals surface area contributed by atoms with Gasteiger partial charge in [0, 0.05) is 30.9 Å². The number of sulfone groups is 1. The van der Waals surface area contributed by atoms with E-state index >= 15 is 0 Å². The molecule has 206 valence electrons. The minimum atomic E-state index is -3.24. The fourth-order valence-electron chi connectivity index (χ4n) is 5.46. The third-order valence-electron chi connectivity index (χ3n) is 7.72. The molecule has 2 saturated heterocycles. The molecule has 2 fully saturated rings. The number of nitrogens with zero attached hydrogens (tertiary/aromatic N) is 2. The molecule has 0 bridgehead atoms. The monoisotopic (exact) mass is 561 g/mol. The summed E-state index contributed by atoms with van der Waals surface area (Å²) in [7, 11) is -3.24. The van der Waals surface area contributed by atoms with Crippen molar-refractivity contribution in [2.75, 3.05) is 39.0 Å². The molecular formula is C28H36ClN3O5S. The van der Waals surface area contributed by atoms with Crippen LogP contribution in [0.4, 0.5) is 4.79 Å². The highest BCUT2D eigenvalue weighted by atomic mass is 35.5. The number of rotatable bonds is 9. The van der Waals surface area contributed by atoms with Crippen molar-refractivity contribution in [3.63, 3.8) is 0 Å². The Morgan fingerprint density at radius 2 is 1.74 bits per heavy atom. The van der Waals surface area contributed by atoms with E-state index in [0.29, 0.717) is 31.1 Å². The number of carbonyl (C=O) groups excluding carboxylic acids is 2. The molecule has 2 amide bonds. The second-order valence-electron chi connectivity index (χ2n) is 10.2. The van der Waals surface area contributed by atoms with Crippen LogP contribution in [0.25, 0.3) is 0 Å². The van der Waals surface area contributed by atoms with E-state index in [1.165, 1.54) is 6.26 Å². The maximum Gasteiger partial charge on any atom is 0.407 e. The predicted molar refractivity (Wildman–Crippen MR) is 147 cm³/mol. The van der Waals surface area contributed by atoms with E-state index in [4.69, 9.17) is 16.3 Å². The smallest absolute Gasteiger partial charge is 0.407 e. The van der Waals surface area contributed by atoms with Crippen molar-refractivity contribution in [2.24, 2.45) is 5.41 Å².